The van der Waals surface area contributed by atoms with E-state index in [4.69, 9.17) is 9.97 Å². The molecule has 44 heavy (non-hydrogen) atoms. The summed E-state index contributed by atoms with van der Waals surface area (Å²) >= 11 is 0. The molecule has 4 heterocycles. The SMILES string of the molecule is c1cc(-c2cccc(-c3ccc4[nH]c5nc6ccccc6n5c4c3)c2)cc(-c2ccc3[nH]c4nc5ccccc5n4c3c2)c1. The van der Waals surface area contributed by atoms with Crippen LogP contribution in [0, 0.1) is 0 Å². The number of nitrogens with one attached hydrogen (secondary N) is 2. The summed E-state index contributed by atoms with van der Waals surface area (Å²) in [6.45, 7) is 0. The Kier molecular flexibility index (Phi) is 4.63. The molecule has 6 heteroatoms. The van der Waals surface area contributed by atoms with E-state index >= 15 is 0 Å². The fraction of sp³-hybridized carbons (Fsp3) is 0. The van der Waals surface area contributed by atoms with Crippen LogP contribution in [0.15, 0.2) is 133 Å². The Balaban J connectivity index is 1.06. The van der Waals surface area contributed by atoms with Gasteiger partial charge in [0.15, 0.2) is 0 Å². The number of fused-ring (bicyclic) bond motifs is 10. The zero-order valence-electron chi connectivity index (χ0n) is 23.5. The highest BCUT2D eigenvalue weighted by Gasteiger charge is 2.14. The van der Waals surface area contributed by atoms with Crippen molar-refractivity contribution in [2.24, 2.45) is 0 Å². The molecule has 0 aliphatic carbocycles. The van der Waals surface area contributed by atoms with Gasteiger partial charge in [-0.3, -0.25) is 8.80 Å². The van der Waals surface area contributed by atoms with Crippen molar-refractivity contribution < 1.29 is 0 Å². The third kappa shape index (κ3) is 3.36. The van der Waals surface area contributed by atoms with Gasteiger partial charge >= 0.3 is 0 Å². The first-order valence-electron chi connectivity index (χ1n) is 14.8. The predicted octanol–water partition coefficient (Wildman–Crippen LogP) is 9.25. The minimum absolute atomic E-state index is 0.865. The first-order valence-corrected chi connectivity index (χ1v) is 14.8. The molecule has 4 aromatic heterocycles. The number of aromatic nitrogens is 6. The van der Waals surface area contributed by atoms with Crippen molar-refractivity contribution in [3.05, 3.63) is 133 Å². The Morgan fingerprint density at radius 3 is 1.23 bits per heavy atom. The van der Waals surface area contributed by atoms with Crippen molar-refractivity contribution in [2.75, 3.05) is 0 Å². The van der Waals surface area contributed by atoms with Crippen LogP contribution in [-0.4, -0.2) is 28.7 Å². The molecule has 0 unspecified atom stereocenters. The van der Waals surface area contributed by atoms with Gasteiger partial charge in [0.25, 0.3) is 0 Å². The average Bonchev–Trinajstić information content (AvgIpc) is 3.81. The lowest BCUT2D eigenvalue weighted by molar-refractivity contribution is 1.28. The molecule has 0 fully saturated rings. The lowest BCUT2D eigenvalue weighted by atomic mass is 9.96. The number of para-hydroxylation sites is 4. The second-order valence-electron chi connectivity index (χ2n) is 11.4. The van der Waals surface area contributed by atoms with Crippen LogP contribution in [-0.2, 0) is 0 Å². The fourth-order valence-electron chi connectivity index (χ4n) is 6.71. The van der Waals surface area contributed by atoms with Gasteiger partial charge in [0.05, 0.1) is 44.1 Å². The van der Waals surface area contributed by atoms with E-state index in [-0.39, 0.29) is 0 Å². The molecule has 6 aromatic carbocycles. The van der Waals surface area contributed by atoms with Crippen LogP contribution in [0.1, 0.15) is 0 Å². The van der Waals surface area contributed by atoms with E-state index < -0.39 is 0 Å². The molecule has 0 saturated heterocycles. The van der Waals surface area contributed by atoms with Crippen LogP contribution in [0.5, 0.6) is 0 Å². The van der Waals surface area contributed by atoms with E-state index in [9.17, 15) is 0 Å². The lowest BCUT2D eigenvalue weighted by Crippen LogP contribution is -1.86. The van der Waals surface area contributed by atoms with E-state index in [0.717, 1.165) is 55.7 Å². The second kappa shape index (κ2) is 8.69. The van der Waals surface area contributed by atoms with Crippen LogP contribution in [0.3, 0.4) is 0 Å². The first kappa shape index (κ1) is 23.4. The van der Waals surface area contributed by atoms with E-state index in [1.165, 1.54) is 33.4 Å². The summed E-state index contributed by atoms with van der Waals surface area (Å²) in [5.41, 5.74) is 15.7. The number of H-pyrrole nitrogens is 2. The van der Waals surface area contributed by atoms with Crippen molar-refractivity contribution in [3.63, 3.8) is 0 Å². The summed E-state index contributed by atoms with van der Waals surface area (Å²) in [5, 5.41) is 0. The molecule has 2 N–H and O–H groups in total. The molecular weight excluding hydrogens is 540 g/mol. The molecule has 0 bridgehead atoms. The van der Waals surface area contributed by atoms with Crippen molar-refractivity contribution in [1.29, 1.82) is 0 Å². The van der Waals surface area contributed by atoms with Crippen molar-refractivity contribution in [2.45, 2.75) is 0 Å². The minimum Gasteiger partial charge on any atom is -0.323 e. The largest absolute Gasteiger partial charge is 0.323 e. The van der Waals surface area contributed by atoms with Crippen LogP contribution < -0.4 is 0 Å². The molecule has 10 aromatic rings. The smallest absolute Gasteiger partial charge is 0.213 e. The molecule has 0 aliphatic heterocycles. The maximum Gasteiger partial charge on any atom is 0.213 e. The number of imidazole rings is 4. The molecule has 0 aliphatic rings. The molecule has 0 saturated carbocycles. The van der Waals surface area contributed by atoms with Gasteiger partial charge in [0.2, 0.25) is 11.6 Å². The number of rotatable bonds is 3. The van der Waals surface area contributed by atoms with E-state index in [1.807, 2.05) is 12.1 Å². The van der Waals surface area contributed by atoms with Crippen molar-refractivity contribution in [1.82, 2.24) is 28.7 Å². The number of benzene rings is 6. The topological polar surface area (TPSA) is 66.2 Å². The Bertz CT molecular complexity index is 2540. The molecular formula is C38H24N6. The summed E-state index contributed by atoms with van der Waals surface area (Å²) in [5.74, 6) is 1.73. The standard InChI is InChI=1S/C38H24N6/c1-3-13-33-29(11-1)39-37-41-31-17-15-27(21-35(31)43(33)37)25-9-5-7-23(19-25)24-8-6-10-26(20-24)28-16-18-32-36(22-28)44-34-14-4-2-12-30(34)40-38(44)42-32/h1-22H,(H,39,41)(H,40,42). The molecule has 0 atom stereocenters. The number of hydrogen-bond donors (Lipinski definition) is 2. The van der Waals surface area contributed by atoms with Gasteiger partial charge in [-0.25, -0.2) is 9.97 Å². The molecule has 0 amide bonds. The van der Waals surface area contributed by atoms with E-state index in [1.54, 1.807) is 0 Å². The van der Waals surface area contributed by atoms with Crippen LogP contribution in [0.4, 0.5) is 0 Å². The minimum atomic E-state index is 0.865. The van der Waals surface area contributed by atoms with Gasteiger partial charge in [-0.2, -0.15) is 0 Å². The second-order valence-corrected chi connectivity index (χ2v) is 11.4. The van der Waals surface area contributed by atoms with Gasteiger partial charge in [0, 0.05) is 0 Å². The molecule has 0 radical (unpaired) electrons. The summed E-state index contributed by atoms with van der Waals surface area (Å²) in [4.78, 5) is 16.5. The quantitative estimate of drug-likeness (QED) is 0.225. The average molecular weight is 565 g/mol. The lowest BCUT2D eigenvalue weighted by Gasteiger charge is -2.09. The fourth-order valence-corrected chi connectivity index (χ4v) is 6.71. The van der Waals surface area contributed by atoms with Crippen LogP contribution >= 0.6 is 0 Å². The highest BCUT2D eigenvalue weighted by molar-refractivity contribution is 5.94. The van der Waals surface area contributed by atoms with Gasteiger partial charge in [-0.05, 0) is 94.0 Å². The highest BCUT2D eigenvalue weighted by Crippen LogP contribution is 2.33. The van der Waals surface area contributed by atoms with Crippen LogP contribution in [0.2, 0.25) is 0 Å². The Hall–Kier alpha value is -6.14. The molecule has 0 spiro atoms. The van der Waals surface area contributed by atoms with Gasteiger partial charge in [-0.1, -0.05) is 72.8 Å². The zero-order chi connectivity index (χ0) is 28.8. The number of aromatic amines is 2. The Morgan fingerprint density at radius 1 is 0.364 bits per heavy atom. The van der Waals surface area contributed by atoms with Crippen molar-refractivity contribution in [3.8, 4) is 33.4 Å². The Morgan fingerprint density at radius 2 is 0.773 bits per heavy atom. The van der Waals surface area contributed by atoms with Gasteiger partial charge in [0.1, 0.15) is 0 Å². The maximum atomic E-state index is 4.78. The van der Waals surface area contributed by atoms with Crippen LogP contribution in [0.25, 0.3) is 89.1 Å². The number of nitrogens with zero attached hydrogens (tertiary/aromatic N) is 4. The third-order valence-corrected chi connectivity index (χ3v) is 8.82. The Labute approximate surface area is 250 Å². The number of hydrogen-bond acceptors (Lipinski definition) is 2. The third-order valence-electron chi connectivity index (χ3n) is 8.82. The van der Waals surface area contributed by atoms with Gasteiger partial charge in [-0.15, -0.1) is 0 Å². The molecule has 6 nitrogen and oxygen atoms in total. The van der Waals surface area contributed by atoms with E-state index in [0.29, 0.717) is 0 Å². The predicted molar refractivity (Wildman–Crippen MR) is 179 cm³/mol. The first-order chi connectivity index (χ1) is 21.8. The summed E-state index contributed by atoms with van der Waals surface area (Å²) in [6, 6.07) is 47.3. The monoisotopic (exact) mass is 564 g/mol. The maximum absolute atomic E-state index is 4.78. The normalized spacial score (nSPS) is 12.1. The van der Waals surface area contributed by atoms with E-state index in [2.05, 4.69) is 140 Å². The molecule has 10 rings (SSSR count). The van der Waals surface area contributed by atoms with Crippen molar-refractivity contribution >= 4 is 55.7 Å². The zero-order valence-corrected chi connectivity index (χ0v) is 23.5. The highest BCUT2D eigenvalue weighted by atomic mass is 15.1. The summed E-state index contributed by atoms with van der Waals surface area (Å²) < 4.78 is 4.42. The molecule has 206 valence electrons. The van der Waals surface area contributed by atoms with Gasteiger partial charge < -0.3 is 9.97 Å². The summed E-state index contributed by atoms with van der Waals surface area (Å²) in [7, 11) is 0. The summed E-state index contributed by atoms with van der Waals surface area (Å²) in [6.07, 6.45) is 0.